The predicted molar refractivity (Wildman–Crippen MR) is 122 cm³/mol. The van der Waals surface area contributed by atoms with Crippen molar-refractivity contribution in [1.29, 1.82) is 0 Å². The second-order valence-corrected chi connectivity index (χ2v) is 9.90. The van der Waals surface area contributed by atoms with E-state index in [4.69, 9.17) is 11.6 Å². The number of benzene rings is 2. The predicted octanol–water partition coefficient (Wildman–Crippen LogP) is 3.72. The number of hydrogen-bond acceptors (Lipinski definition) is 4. The molecular formula is C22H26ClN3O4S. The van der Waals surface area contributed by atoms with Crippen LogP contribution in [-0.2, 0) is 19.6 Å². The first kappa shape index (κ1) is 23.2. The summed E-state index contributed by atoms with van der Waals surface area (Å²) >= 11 is 6.16. The van der Waals surface area contributed by atoms with Gasteiger partial charge in [0.1, 0.15) is 0 Å². The normalized spacial score (nSPS) is 17.6. The fourth-order valence-electron chi connectivity index (χ4n) is 3.26. The number of aryl methyl sites for hydroxylation is 1. The second kappa shape index (κ2) is 9.38. The minimum absolute atomic E-state index is 0.0998. The van der Waals surface area contributed by atoms with E-state index in [-0.39, 0.29) is 35.7 Å². The molecule has 0 unspecified atom stereocenters. The molecule has 1 aliphatic heterocycles. The average Bonchev–Trinajstić information content (AvgIpc) is 3.12. The summed E-state index contributed by atoms with van der Waals surface area (Å²) in [5.41, 5.74) is 2.05. The molecule has 2 aromatic rings. The molecule has 9 heteroatoms. The van der Waals surface area contributed by atoms with Crippen LogP contribution in [0.4, 0.5) is 11.4 Å². The third-order valence-corrected chi connectivity index (χ3v) is 7.38. The van der Waals surface area contributed by atoms with E-state index in [0.717, 1.165) is 5.56 Å². The van der Waals surface area contributed by atoms with Crippen molar-refractivity contribution in [1.82, 2.24) is 4.72 Å². The Balaban J connectivity index is 1.65. The maximum Gasteiger partial charge on any atom is 0.240 e. The van der Waals surface area contributed by atoms with Gasteiger partial charge in [-0.15, -0.1) is 0 Å². The summed E-state index contributed by atoms with van der Waals surface area (Å²) in [6, 6.07) is 11.2. The molecule has 1 saturated heterocycles. The summed E-state index contributed by atoms with van der Waals surface area (Å²) in [4.78, 5) is 26.8. The van der Waals surface area contributed by atoms with Crippen LogP contribution in [0.25, 0.3) is 0 Å². The molecule has 0 aromatic heterocycles. The van der Waals surface area contributed by atoms with E-state index in [0.29, 0.717) is 22.8 Å². The van der Waals surface area contributed by atoms with E-state index >= 15 is 0 Å². The first-order valence-electron chi connectivity index (χ1n) is 10.1. The summed E-state index contributed by atoms with van der Waals surface area (Å²) in [6.07, 6.45) is 0.780. The number of nitrogens with one attached hydrogen (secondary N) is 2. The Labute approximate surface area is 187 Å². The summed E-state index contributed by atoms with van der Waals surface area (Å²) < 4.78 is 27.3. The molecule has 0 spiro atoms. The fraction of sp³-hybridized carbons (Fsp3) is 0.364. The van der Waals surface area contributed by atoms with Crippen LogP contribution < -0.4 is 14.9 Å². The number of rotatable bonds is 7. The van der Waals surface area contributed by atoms with E-state index in [2.05, 4.69) is 10.0 Å². The van der Waals surface area contributed by atoms with E-state index in [1.807, 2.05) is 26.0 Å². The highest BCUT2D eigenvalue weighted by molar-refractivity contribution is 7.89. The number of hydrogen-bond donors (Lipinski definition) is 2. The van der Waals surface area contributed by atoms with Crippen LogP contribution in [0.3, 0.4) is 0 Å². The number of amides is 2. The molecule has 2 N–H and O–H groups in total. The highest BCUT2D eigenvalue weighted by atomic mass is 35.5. The maximum absolute atomic E-state index is 12.7. The lowest BCUT2D eigenvalue weighted by molar-refractivity contribution is -0.122. The monoisotopic (exact) mass is 463 g/mol. The molecule has 1 aliphatic rings. The smallest absolute Gasteiger partial charge is 0.240 e. The van der Waals surface area contributed by atoms with Crippen molar-refractivity contribution < 1.29 is 18.0 Å². The van der Waals surface area contributed by atoms with E-state index < -0.39 is 15.9 Å². The van der Waals surface area contributed by atoms with Crippen LogP contribution in [0.5, 0.6) is 0 Å². The molecule has 0 radical (unpaired) electrons. The van der Waals surface area contributed by atoms with Gasteiger partial charge in [-0.3, -0.25) is 9.59 Å². The lowest BCUT2D eigenvalue weighted by Gasteiger charge is -2.17. The maximum atomic E-state index is 12.7. The molecule has 2 atom stereocenters. The minimum atomic E-state index is -3.61. The third-order valence-electron chi connectivity index (χ3n) is 5.36. The quantitative estimate of drug-likeness (QED) is 0.654. The van der Waals surface area contributed by atoms with Crippen molar-refractivity contribution in [3.63, 3.8) is 0 Å². The number of carbonyl (C=O) groups excluding carboxylic acids is 2. The summed E-state index contributed by atoms with van der Waals surface area (Å²) in [5, 5.41) is 3.33. The van der Waals surface area contributed by atoms with Crippen LogP contribution >= 0.6 is 11.6 Å². The Bertz CT molecular complexity index is 1090. The van der Waals surface area contributed by atoms with E-state index in [1.54, 1.807) is 17.9 Å². The lowest BCUT2D eigenvalue weighted by Crippen LogP contribution is -2.32. The standard InChI is InChI=1S/C22H26ClN3O4S/c1-4-15(3)25-31(29,30)19-9-6-17(7-10-19)24-22(28)16-11-21(27)26(13-16)18-8-5-14(2)20(23)12-18/h5-10,12,15-16,25H,4,11,13H2,1-3H3,(H,24,28)/t15-,16+/m0/s1. The SMILES string of the molecule is CC[C@H](C)NS(=O)(=O)c1ccc(NC(=O)[C@@H]2CC(=O)N(c3ccc(C)c(Cl)c3)C2)cc1. The Morgan fingerprint density at radius 2 is 1.90 bits per heavy atom. The number of nitrogens with zero attached hydrogens (tertiary/aromatic N) is 1. The van der Waals surface area contributed by atoms with Crippen LogP contribution in [0.2, 0.25) is 5.02 Å². The molecule has 0 bridgehead atoms. The van der Waals surface area contributed by atoms with Crippen LogP contribution in [0.1, 0.15) is 32.3 Å². The lowest BCUT2D eigenvalue weighted by atomic mass is 10.1. The second-order valence-electron chi connectivity index (χ2n) is 7.78. The zero-order valence-corrected chi connectivity index (χ0v) is 19.3. The van der Waals surface area contributed by atoms with Crippen molar-refractivity contribution in [3.8, 4) is 0 Å². The Morgan fingerprint density at radius 3 is 2.52 bits per heavy atom. The number of carbonyl (C=O) groups is 2. The Morgan fingerprint density at radius 1 is 1.23 bits per heavy atom. The number of anilines is 2. The van der Waals surface area contributed by atoms with Crippen molar-refractivity contribution >= 4 is 44.8 Å². The van der Waals surface area contributed by atoms with Crippen LogP contribution in [-0.4, -0.2) is 32.8 Å². The van der Waals surface area contributed by atoms with Gasteiger partial charge in [-0.1, -0.05) is 24.6 Å². The molecule has 1 fully saturated rings. The first-order chi connectivity index (χ1) is 14.6. The molecule has 1 heterocycles. The molecule has 166 valence electrons. The van der Waals surface area contributed by atoms with Crippen LogP contribution in [0, 0.1) is 12.8 Å². The van der Waals surface area contributed by atoms with Gasteiger partial charge in [-0.05, 0) is 62.2 Å². The highest BCUT2D eigenvalue weighted by Gasteiger charge is 2.35. The molecule has 31 heavy (non-hydrogen) atoms. The van der Waals surface area contributed by atoms with Crippen molar-refractivity contribution in [3.05, 3.63) is 53.1 Å². The molecule has 3 rings (SSSR count). The van der Waals surface area contributed by atoms with Gasteiger partial charge >= 0.3 is 0 Å². The molecule has 0 aliphatic carbocycles. The first-order valence-corrected chi connectivity index (χ1v) is 12.0. The van der Waals surface area contributed by atoms with Gasteiger partial charge in [0.2, 0.25) is 21.8 Å². The summed E-state index contributed by atoms with van der Waals surface area (Å²) in [6.45, 7) is 5.83. The Kier molecular flexibility index (Phi) is 7.03. The average molecular weight is 464 g/mol. The zero-order chi connectivity index (χ0) is 22.8. The fourth-order valence-corrected chi connectivity index (χ4v) is 4.76. The van der Waals surface area contributed by atoms with Crippen molar-refractivity contribution in [2.24, 2.45) is 5.92 Å². The van der Waals surface area contributed by atoms with Gasteiger partial charge in [0.05, 0.1) is 10.8 Å². The van der Waals surface area contributed by atoms with Gasteiger partial charge < -0.3 is 10.2 Å². The molecule has 2 amide bonds. The molecule has 7 nitrogen and oxygen atoms in total. The topological polar surface area (TPSA) is 95.6 Å². The largest absolute Gasteiger partial charge is 0.326 e. The highest BCUT2D eigenvalue weighted by Crippen LogP contribution is 2.29. The summed E-state index contributed by atoms with van der Waals surface area (Å²) in [7, 11) is -3.61. The summed E-state index contributed by atoms with van der Waals surface area (Å²) in [5.74, 6) is -0.942. The van der Waals surface area contributed by atoms with Gasteiger partial charge in [-0.25, -0.2) is 13.1 Å². The van der Waals surface area contributed by atoms with Gasteiger partial charge in [0, 0.05) is 35.4 Å². The molecular weight excluding hydrogens is 438 g/mol. The Hall–Kier alpha value is -2.42. The molecule has 2 aromatic carbocycles. The molecule has 0 saturated carbocycles. The number of halogens is 1. The minimum Gasteiger partial charge on any atom is -0.326 e. The third kappa shape index (κ3) is 5.44. The van der Waals surface area contributed by atoms with Crippen LogP contribution in [0.15, 0.2) is 47.4 Å². The van der Waals surface area contributed by atoms with Gasteiger partial charge in [0.25, 0.3) is 0 Å². The van der Waals surface area contributed by atoms with E-state index in [9.17, 15) is 18.0 Å². The zero-order valence-electron chi connectivity index (χ0n) is 17.7. The van der Waals surface area contributed by atoms with Crippen molar-refractivity contribution in [2.75, 3.05) is 16.8 Å². The van der Waals surface area contributed by atoms with Gasteiger partial charge in [-0.2, -0.15) is 0 Å². The van der Waals surface area contributed by atoms with Crippen molar-refractivity contribution in [2.45, 2.75) is 44.6 Å². The van der Waals surface area contributed by atoms with Gasteiger partial charge in [0.15, 0.2) is 0 Å². The number of sulfonamides is 1. The van der Waals surface area contributed by atoms with E-state index in [1.165, 1.54) is 24.3 Å².